The Bertz CT molecular complexity index is 744. The molecule has 5 heteroatoms. The second-order valence-electron chi connectivity index (χ2n) is 6.25. The normalized spacial score (nSPS) is 18.6. The Labute approximate surface area is 146 Å². The Morgan fingerprint density at radius 2 is 1.64 bits per heavy atom. The molecule has 0 aromatic heterocycles. The highest BCUT2D eigenvalue weighted by molar-refractivity contribution is 5.89. The first-order valence-corrected chi connectivity index (χ1v) is 8.34. The van der Waals surface area contributed by atoms with Crippen molar-refractivity contribution in [3.05, 3.63) is 71.3 Å². The quantitative estimate of drug-likeness (QED) is 0.775. The molecule has 2 N–H and O–H groups in total. The minimum atomic E-state index is -0.894. The van der Waals surface area contributed by atoms with Gasteiger partial charge in [0.15, 0.2) is 0 Å². The van der Waals surface area contributed by atoms with E-state index in [1.54, 1.807) is 0 Å². The van der Waals surface area contributed by atoms with Gasteiger partial charge in [-0.05, 0) is 23.1 Å². The van der Waals surface area contributed by atoms with Gasteiger partial charge in [-0.15, -0.1) is 0 Å². The number of rotatable bonds is 8. The Kier molecular flexibility index (Phi) is 5.46. The summed E-state index contributed by atoms with van der Waals surface area (Å²) in [4.78, 5) is 22.8. The molecule has 1 fully saturated rings. The summed E-state index contributed by atoms with van der Waals surface area (Å²) in [5.41, 5.74) is 3.11. The van der Waals surface area contributed by atoms with Crippen molar-refractivity contribution in [3.63, 3.8) is 0 Å². The molecule has 2 atom stereocenters. The number of benzene rings is 2. The van der Waals surface area contributed by atoms with Crippen LogP contribution in [-0.4, -0.2) is 17.0 Å². The second kappa shape index (κ2) is 7.94. The summed E-state index contributed by atoms with van der Waals surface area (Å²) in [6, 6.07) is 17.7. The van der Waals surface area contributed by atoms with Gasteiger partial charge in [0, 0.05) is 6.54 Å². The lowest BCUT2D eigenvalue weighted by atomic mass is 10.1. The van der Waals surface area contributed by atoms with Crippen LogP contribution < -0.4 is 5.32 Å². The van der Waals surface area contributed by atoms with E-state index >= 15 is 0 Å². The van der Waals surface area contributed by atoms with Gasteiger partial charge < -0.3 is 15.2 Å². The first kappa shape index (κ1) is 17.2. The molecule has 0 spiro atoms. The number of carbonyl (C=O) groups excluding carboxylic acids is 1. The zero-order chi connectivity index (χ0) is 17.6. The highest BCUT2D eigenvalue weighted by atomic mass is 16.5. The Balaban J connectivity index is 1.50. The Hall–Kier alpha value is -2.66. The van der Waals surface area contributed by atoms with Gasteiger partial charge in [0.2, 0.25) is 5.91 Å². The largest absolute Gasteiger partial charge is 0.481 e. The van der Waals surface area contributed by atoms with Gasteiger partial charge in [-0.2, -0.15) is 0 Å². The fraction of sp³-hybridized carbons (Fsp3) is 0.300. The van der Waals surface area contributed by atoms with E-state index in [4.69, 9.17) is 9.84 Å². The smallest absolute Gasteiger partial charge is 0.307 e. The summed E-state index contributed by atoms with van der Waals surface area (Å²) in [5, 5.41) is 11.7. The van der Waals surface area contributed by atoms with Crippen molar-refractivity contribution >= 4 is 11.9 Å². The third-order valence-electron chi connectivity index (χ3n) is 4.38. The highest BCUT2D eigenvalue weighted by Gasteiger charge is 2.48. The van der Waals surface area contributed by atoms with Crippen LogP contribution in [0.25, 0.3) is 0 Å². The van der Waals surface area contributed by atoms with Gasteiger partial charge in [-0.3, -0.25) is 9.59 Å². The molecule has 0 radical (unpaired) electrons. The summed E-state index contributed by atoms with van der Waals surface area (Å²) < 4.78 is 5.77. The maximum absolute atomic E-state index is 12.0. The molecule has 1 saturated carbocycles. The summed E-state index contributed by atoms with van der Waals surface area (Å²) in [7, 11) is 0. The Morgan fingerprint density at radius 1 is 0.960 bits per heavy atom. The molecule has 1 aliphatic rings. The van der Waals surface area contributed by atoms with Crippen LogP contribution in [0.5, 0.6) is 0 Å². The lowest BCUT2D eigenvalue weighted by molar-refractivity contribution is -0.140. The molecular weight excluding hydrogens is 318 g/mol. The van der Waals surface area contributed by atoms with Crippen LogP contribution in [-0.2, 0) is 34.1 Å². The molecule has 1 aliphatic carbocycles. The lowest BCUT2D eigenvalue weighted by Gasteiger charge is -2.11. The first-order chi connectivity index (χ1) is 12.1. The fourth-order valence-electron chi connectivity index (χ4n) is 2.79. The van der Waals surface area contributed by atoms with E-state index in [1.165, 1.54) is 0 Å². The van der Waals surface area contributed by atoms with E-state index in [0.717, 1.165) is 16.7 Å². The monoisotopic (exact) mass is 339 g/mol. The minimum Gasteiger partial charge on any atom is -0.481 e. The second-order valence-corrected chi connectivity index (χ2v) is 6.25. The van der Waals surface area contributed by atoms with Gasteiger partial charge in [-0.1, -0.05) is 54.6 Å². The van der Waals surface area contributed by atoms with Gasteiger partial charge in [0.25, 0.3) is 0 Å². The zero-order valence-corrected chi connectivity index (χ0v) is 13.9. The SMILES string of the molecule is O=C(NCc1ccccc1COCc1ccccc1)[C@H]1C[C@H]1C(=O)O. The van der Waals surface area contributed by atoms with Crippen molar-refractivity contribution in [2.45, 2.75) is 26.2 Å². The molecule has 0 saturated heterocycles. The standard InChI is InChI=1S/C20H21NO4/c22-19(17-10-18(17)20(23)24)21-11-15-8-4-5-9-16(15)13-25-12-14-6-2-1-3-7-14/h1-9,17-18H,10-13H2,(H,21,22)(H,23,24)/t17-,18+/m0/s1. The van der Waals surface area contributed by atoms with E-state index in [-0.39, 0.29) is 11.8 Å². The number of hydrogen-bond acceptors (Lipinski definition) is 3. The van der Waals surface area contributed by atoms with Gasteiger partial charge in [-0.25, -0.2) is 0 Å². The van der Waals surface area contributed by atoms with Crippen LogP contribution in [0.3, 0.4) is 0 Å². The van der Waals surface area contributed by atoms with Crippen LogP contribution in [0.15, 0.2) is 54.6 Å². The molecule has 130 valence electrons. The molecule has 3 rings (SSSR count). The number of carboxylic acids is 1. The highest BCUT2D eigenvalue weighted by Crippen LogP contribution is 2.38. The number of carbonyl (C=O) groups is 2. The molecule has 25 heavy (non-hydrogen) atoms. The van der Waals surface area contributed by atoms with Crippen molar-refractivity contribution in [2.24, 2.45) is 11.8 Å². The van der Waals surface area contributed by atoms with Gasteiger partial charge in [0.1, 0.15) is 0 Å². The van der Waals surface area contributed by atoms with Crippen molar-refractivity contribution in [3.8, 4) is 0 Å². The van der Waals surface area contributed by atoms with Crippen molar-refractivity contribution in [2.75, 3.05) is 0 Å². The molecule has 5 nitrogen and oxygen atoms in total. The number of hydrogen-bond donors (Lipinski definition) is 2. The molecule has 1 amide bonds. The number of carboxylic acid groups (broad SMARTS) is 1. The summed E-state index contributed by atoms with van der Waals surface area (Å²) >= 11 is 0. The first-order valence-electron chi connectivity index (χ1n) is 8.34. The molecular formula is C20H21NO4. The maximum Gasteiger partial charge on any atom is 0.307 e. The molecule has 0 unspecified atom stereocenters. The minimum absolute atomic E-state index is 0.188. The summed E-state index contributed by atoms with van der Waals surface area (Å²) in [6.45, 7) is 1.37. The maximum atomic E-state index is 12.0. The average molecular weight is 339 g/mol. The van der Waals surface area contributed by atoms with Crippen molar-refractivity contribution in [1.82, 2.24) is 5.32 Å². The number of amides is 1. The molecule has 0 heterocycles. The predicted octanol–water partition coefficient (Wildman–Crippen LogP) is 2.74. The van der Waals surface area contributed by atoms with Gasteiger partial charge in [0.05, 0.1) is 25.0 Å². The van der Waals surface area contributed by atoms with Crippen LogP contribution >= 0.6 is 0 Å². The lowest BCUT2D eigenvalue weighted by Crippen LogP contribution is -2.26. The van der Waals surface area contributed by atoms with E-state index in [9.17, 15) is 9.59 Å². The van der Waals surface area contributed by atoms with Crippen LogP contribution in [0, 0.1) is 11.8 Å². The zero-order valence-electron chi connectivity index (χ0n) is 13.9. The molecule has 2 aromatic rings. The summed E-state index contributed by atoms with van der Waals surface area (Å²) in [5.74, 6) is -1.99. The Morgan fingerprint density at radius 3 is 2.32 bits per heavy atom. The molecule has 0 aliphatic heterocycles. The van der Waals surface area contributed by atoms with Crippen LogP contribution in [0.4, 0.5) is 0 Å². The van der Waals surface area contributed by atoms with Crippen LogP contribution in [0.2, 0.25) is 0 Å². The van der Waals surface area contributed by atoms with E-state index in [0.29, 0.717) is 26.2 Å². The summed E-state index contributed by atoms with van der Waals surface area (Å²) in [6.07, 6.45) is 0.434. The van der Waals surface area contributed by atoms with Gasteiger partial charge >= 0.3 is 5.97 Å². The molecule has 2 aromatic carbocycles. The third kappa shape index (κ3) is 4.67. The number of nitrogens with one attached hydrogen (secondary N) is 1. The van der Waals surface area contributed by atoms with Crippen molar-refractivity contribution in [1.29, 1.82) is 0 Å². The molecule has 0 bridgehead atoms. The van der Waals surface area contributed by atoms with Crippen molar-refractivity contribution < 1.29 is 19.4 Å². The van der Waals surface area contributed by atoms with E-state index in [2.05, 4.69) is 5.32 Å². The number of ether oxygens (including phenoxy) is 1. The topological polar surface area (TPSA) is 75.6 Å². The third-order valence-corrected chi connectivity index (χ3v) is 4.38. The fourth-order valence-corrected chi connectivity index (χ4v) is 2.79. The van der Waals surface area contributed by atoms with Crippen LogP contribution in [0.1, 0.15) is 23.1 Å². The van der Waals surface area contributed by atoms with E-state index < -0.39 is 11.9 Å². The number of aliphatic carboxylic acids is 1. The van der Waals surface area contributed by atoms with E-state index in [1.807, 2.05) is 54.6 Å². The average Bonchev–Trinajstić information content (AvgIpc) is 3.43. The predicted molar refractivity (Wildman–Crippen MR) is 92.5 cm³/mol.